The molecule has 0 spiro atoms. The van der Waals surface area contributed by atoms with Crippen molar-refractivity contribution in [1.82, 2.24) is 0 Å². The van der Waals surface area contributed by atoms with Crippen LogP contribution >= 0.6 is 15.9 Å². The van der Waals surface area contributed by atoms with Crippen LogP contribution in [0.1, 0.15) is 0 Å². The molecule has 72 valence electrons. The van der Waals surface area contributed by atoms with Crippen LogP contribution < -0.4 is 16.2 Å². The van der Waals surface area contributed by atoms with E-state index >= 15 is 0 Å². The Hall–Kier alpha value is -0.970. The van der Waals surface area contributed by atoms with Crippen molar-refractivity contribution in [2.24, 2.45) is 0 Å². The Balaban J connectivity index is 2.86. The maximum Gasteiger partial charge on any atom is 0.151 e. The number of halogens is 2. The normalized spacial score (nSPS) is 10.0. The van der Waals surface area contributed by atoms with Crippen molar-refractivity contribution in [3.63, 3.8) is 0 Å². The summed E-state index contributed by atoms with van der Waals surface area (Å²) < 4.78 is 18.1. The molecule has 0 bridgehead atoms. The van der Waals surface area contributed by atoms with E-state index in [1.54, 1.807) is 0 Å². The molecule has 0 radical (unpaired) electrons. The van der Waals surface area contributed by atoms with Crippen LogP contribution in [-0.4, -0.2) is 11.9 Å². The summed E-state index contributed by atoms with van der Waals surface area (Å²) in [4.78, 5) is 0. The first-order chi connectivity index (χ1) is 6.15. The van der Waals surface area contributed by atoms with Crippen molar-refractivity contribution in [1.29, 1.82) is 0 Å². The number of alkyl halides is 1. The Morgan fingerprint density at radius 1 is 1.38 bits per heavy atom. The highest BCUT2D eigenvalue weighted by molar-refractivity contribution is 9.09. The fourth-order valence-electron chi connectivity index (χ4n) is 0.853. The van der Waals surface area contributed by atoms with E-state index in [1.807, 2.05) is 0 Å². The third kappa shape index (κ3) is 2.48. The van der Waals surface area contributed by atoms with Gasteiger partial charge in [-0.3, -0.25) is 0 Å². The molecule has 5 heteroatoms. The van der Waals surface area contributed by atoms with Crippen molar-refractivity contribution >= 4 is 27.3 Å². The van der Waals surface area contributed by atoms with Gasteiger partial charge in [0.15, 0.2) is 5.82 Å². The lowest BCUT2D eigenvalue weighted by Crippen LogP contribution is -2.02. The van der Waals surface area contributed by atoms with E-state index in [1.165, 1.54) is 12.1 Å². The largest absolute Gasteiger partial charge is 0.493 e. The average molecular weight is 249 g/mol. The van der Waals surface area contributed by atoms with E-state index in [0.717, 1.165) is 0 Å². The van der Waals surface area contributed by atoms with Crippen molar-refractivity contribution in [2.75, 3.05) is 23.4 Å². The second-order valence-electron chi connectivity index (χ2n) is 2.45. The predicted octanol–water partition coefficient (Wildman–Crippen LogP) is 1.76. The smallest absolute Gasteiger partial charge is 0.151 e. The van der Waals surface area contributed by atoms with Gasteiger partial charge >= 0.3 is 0 Å². The molecule has 0 aliphatic heterocycles. The molecule has 0 atom stereocenters. The molecule has 1 aromatic carbocycles. The van der Waals surface area contributed by atoms with Gasteiger partial charge in [0.1, 0.15) is 5.75 Å². The Kier molecular flexibility index (Phi) is 3.36. The van der Waals surface area contributed by atoms with Crippen LogP contribution in [0.4, 0.5) is 15.8 Å². The minimum atomic E-state index is -0.551. The van der Waals surface area contributed by atoms with Crippen molar-refractivity contribution < 1.29 is 9.13 Å². The predicted molar refractivity (Wildman–Crippen MR) is 54.5 cm³/mol. The molecule has 0 amide bonds. The summed E-state index contributed by atoms with van der Waals surface area (Å²) in [7, 11) is 0. The van der Waals surface area contributed by atoms with Crippen LogP contribution in [-0.2, 0) is 0 Å². The Labute approximate surface area is 84.0 Å². The van der Waals surface area contributed by atoms with E-state index in [0.29, 0.717) is 17.7 Å². The summed E-state index contributed by atoms with van der Waals surface area (Å²) in [6.07, 6.45) is 0. The molecular formula is C8H10BrFN2O. The first kappa shape index (κ1) is 10.1. The van der Waals surface area contributed by atoms with Gasteiger partial charge in [0.2, 0.25) is 0 Å². The Bertz CT molecular complexity index is 283. The molecule has 0 aliphatic rings. The average Bonchev–Trinajstić information content (AvgIpc) is 2.10. The van der Waals surface area contributed by atoms with Gasteiger partial charge in [-0.05, 0) is 0 Å². The third-order valence-corrected chi connectivity index (χ3v) is 1.80. The highest BCUT2D eigenvalue weighted by Crippen LogP contribution is 2.25. The maximum absolute atomic E-state index is 13.0. The topological polar surface area (TPSA) is 61.3 Å². The van der Waals surface area contributed by atoms with E-state index in [-0.39, 0.29) is 11.4 Å². The quantitative estimate of drug-likeness (QED) is 0.633. The summed E-state index contributed by atoms with van der Waals surface area (Å²) in [5.74, 6) is -0.159. The number of ether oxygens (including phenoxy) is 1. The lowest BCUT2D eigenvalue weighted by Gasteiger charge is -2.07. The number of nitrogens with two attached hydrogens (primary N) is 2. The van der Waals surface area contributed by atoms with Gasteiger partial charge in [0.05, 0.1) is 18.0 Å². The van der Waals surface area contributed by atoms with Gasteiger partial charge in [-0.25, -0.2) is 4.39 Å². The van der Waals surface area contributed by atoms with Crippen LogP contribution in [0.25, 0.3) is 0 Å². The molecule has 0 unspecified atom stereocenters. The molecule has 0 fully saturated rings. The molecule has 3 nitrogen and oxygen atoms in total. The zero-order valence-electron chi connectivity index (χ0n) is 6.89. The lowest BCUT2D eigenvalue weighted by atomic mass is 10.2. The number of anilines is 2. The monoisotopic (exact) mass is 248 g/mol. The molecule has 4 N–H and O–H groups in total. The number of nitrogen functional groups attached to an aromatic ring is 2. The molecule has 0 heterocycles. The molecule has 13 heavy (non-hydrogen) atoms. The van der Waals surface area contributed by atoms with Gasteiger partial charge in [0.25, 0.3) is 0 Å². The summed E-state index contributed by atoms with van der Waals surface area (Å²) in [5.41, 5.74) is 10.9. The third-order valence-electron chi connectivity index (χ3n) is 1.48. The van der Waals surface area contributed by atoms with Crippen LogP contribution in [0.2, 0.25) is 0 Å². The zero-order chi connectivity index (χ0) is 9.84. The van der Waals surface area contributed by atoms with Crippen LogP contribution in [0, 0.1) is 5.82 Å². The zero-order valence-corrected chi connectivity index (χ0v) is 8.47. The minimum absolute atomic E-state index is 0.0359. The molecule has 0 saturated heterocycles. The molecule has 0 saturated carbocycles. The summed E-state index contributed by atoms with van der Waals surface area (Å²) >= 11 is 3.18. The van der Waals surface area contributed by atoms with Gasteiger partial charge in [0, 0.05) is 17.5 Å². The van der Waals surface area contributed by atoms with E-state index in [9.17, 15) is 4.39 Å². The number of rotatable bonds is 3. The number of hydrogen-bond donors (Lipinski definition) is 2. The van der Waals surface area contributed by atoms with Gasteiger partial charge in [-0.2, -0.15) is 0 Å². The van der Waals surface area contributed by atoms with Gasteiger partial charge in [-0.1, -0.05) is 15.9 Å². The second-order valence-corrected chi connectivity index (χ2v) is 3.24. The lowest BCUT2D eigenvalue weighted by molar-refractivity contribution is 0.343. The summed E-state index contributed by atoms with van der Waals surface area (Å²) in [6.45, 7) is 0.461. The van der Waals surface area contributed by atoms with Crippen molar-refractivity contribution in [3.05, 3.63) is 17.9 Å². The van der Waals surface area contributed by atoms with Gasteiger partial charge < -0.3 is 16.2 Å². The van der Waals surface area contributed by atoms with Crippen molar-refractivity contribution in [2.45, 2.75) is 0 Å². The summed E-state index contributed by atoms with van der Waals surface area (Å²) in [5, 5.41) is 0.679. The Morgan fingerprint density at radius 2 is 2.08 bits per heavy atom. The maximum atomic E-state index is 13.0. The summed E-state index contributed by atoms with van der Waals surface area (Å²) in [6, 6.07) is 2.72. The number of benzene rings is 1. The SMILES string of the molecule is Nc1cc(OCCBr)cc(F)c1N. The fraction of sp³-hybridized carbons (Fsp3) is 0.250. The molecule has 0 aliphatic carbocycles. The van der Waals surface area contributed by atoms with E-state index in [4.69, 9.17) is 16.2 Å². The number of hydrogen-bond acceptors (Lipinski definition) is 3. The molecule has 0 aromatic heterocycles. The van der Waals surface area contributed by atoms with Crippen molar-refractivity contribution in [3.8, 4) is 5.75 Å². The van der Waals surface area contributed by atoms with Crippen LogP contribution in [0.15, 0.2) is 12.1 Å². The van der Waals surface area contributed by atoms with E-state index < -0.39 is 5.82 Å². The molecule has 1 aromatic rings. The molecular weight excluding hydrogens is 239 g/mol. The molecule has 1 rings (SSSR count). The highest BCUT2D eigenvalue weighted by atomic mass is 79.9. The fourth-order valence-corrected chi connectivity index (χ4v) is 1.01. The van der Waals surface area contributed by atoms with Crippen LogP contribution in [0.3, 0.4) is 0 Å². The highest BCUT2D eigenvalue weighted by Gasteiger charge is 2.05. The standard InChI is InChI=1S/C8H10BrFN2O/c9-1-2-13-5-3-6(10)8(12)7(11)4-5/h3-4H,1-2,11-12H2. The first-order valence-electron chi connectivity index (χ1n) is 3.68. The van der Waals surface area contributed by atoms with Gasteiger partial charge in [-0.15, -0.1) is 0 Å². The first-order valence-corrected chi connectivity index (χ1v) is 4.80. The minimum Gasteiger partial charge on any atom is -0.493 e. The van der Waals surface area contributed by atoms with E-state index in [2.05, 4.69) is 15.9 Å². The van der Waals surface area contributed by atoms with Crippen LogP contribution in [0.5, 0.6) is 5.75 Å². The Morgan fingerprint density at radius 3 is 2.62 bits per heavy atom. The second kappa shape index (κ2) is 4.32.